The van der Waals surface area contributed by atoms with Crippen molar-refractivity contribution in [2.75, 3.05) is 7.11 Å². The molecule has 0 radical (unpaired) electrons. The summed E-state index contributed by atoms with van der Waals surface area (Å²) in [5.41, 5.74) is 6.86. The summed E-state index contributed by atoms with van der Waals surface area (Å²) < 4.78 is 5.15. The number of benzene rings is 1. The lowest BCUT2D eigenvalue weighted by Crippen LogP contribution is -2.38. The van der Waals surface area contributed by atoms with E-state index in [1.165, 1.54) is 0 Å². The van der Waals surface area contributed by atoms with E-state index < -0.39 is 0 Å². The van der Waals surface area contributed by atoms with Crippen molar-refractivity contribution in [2.45, 2.75) is 32.9 Å². The monoisotopic (exact) mass is 235 g/mol. The molecule has 0 fully saturated rings. The number of hydrogen-bond donors (Lipinski definition) is 2. The van der Waals surface area contributed by atoms with Gasteiger partial charge in [0.1, 0.15) is 5.75 Å². The van der Waals surface area contributed by atoms with Gasteiger partial charge in [0.25, 0.3) is 0 Å². The largest absolute Gasteiger partial charge is 0.497 e. The molecule has 0 aliphatic rings. The number of nitrogens with two attached hydrogens (primary N) is 1. The van der Waals surface area contributed by atoms with Gasteiger partial charge in [-0.1, -0.05) is 19.1 Å². The molecule has 0 heterocycles. The van der Waals surface area contributed by atoms with Crippen LogP contribution in [0.2, 0.25) is 0 Å². The number of nitrogens with zero attached hydrogens (tertiary/aromatic N) is 1. The molecule has 0 bridgehead atoms. The van der Waals surface area contributed by atoms with E-state index in [2.05, 4.69) is 24.2 Å². The second kappa shape index (κ2) is 6.78. The van der Waals surface area contributed by atoms with Crippen molar-refractivity contribution in [3.8, 4) is 5.75 Å². The molecule has 1 rings (SSSR count). The van der Waals surface area contributed by atoms with Crippen LogP contribution in [-0.2, 0) is 6.54 Å². The Kier molecular flexibility index (Phi) is 5.33. The molecule has 4 heteroatoms. The molecule has 0 aliphatic heterocycles. The first-order valence-electron chi connectivity index (χ1n) is 5.85. The summed E-state index contributed by atoms with van der Waals surface area (Å²) in [5.74, 6) is 1.33. The van der Waals surface area contributed by atoms with E-state index >= 15 is 0 Å². The first-order valence-corrected chi connectivity index (χ1v) is 5.85. The van der Waals surface area contributed by atoms with Gasteiger partial charge in [-0.3, -0.25) is 0 Å². The molecule has 0 saturated heterocycles. The summed E-state index contributed by atoms with van der Waals surface area (Å²) in [6.45, 7) is 4.74. The van der Waals surface area contributed by atoms with Crippen LogP contribution < -0.4 is 15.8 Å². The minimum absolute atomic E-state index is 0.351. The Bertz CT molecular complexity index is 377. The molecule has 94 valence electrons. The van der Waals surface area contributed by atoms with Gasteiger partial charge < -0.3 is 15.8 Å². The van der Waals surface area contributed by atoms with E-state index in [0.29, 0.717) is 18.5 Å². The fraction of sp³-hybridized carbons (Fsp3) is 0.462. The van der Waals surface area contributed by atoms with Gasteiger partial charge in [-0.25, -0.2) is 4.99 Å². The van der Waals surface area contributed by atoms with Crippen molar-refractivity contribution < 1.29 is 4.74 Å². The summed E-state index contributed by atoms with van der Waals surface area (Å²) in [5, 5.41) is 3.12. The number of aliphatic imine (C=N–C) groups is 1. The second-order valence-corrected chi connectivity index (χ2v) is 4.01. The molecule has 0 spiro atoms. The molecule has 17 heavy (non-hydrogen) atoms. The van der Waals surface area contributed by atoms with Crippen LogP contribution in [0.3, 0.4) is 0 Å². The lowest BCUT2D eigenvalue weighted by atomic mass is 10.2. The zero-order chi connectivity index (χ0) is 12.7. The smallest absolute Gasteiger partial charge is 0.189 e. The van der Waals surface area contributed by atoms with E-state index in [1.807, 2.05) is 24.3 Å². The average Bonchev–Trinajstić information content (AvgIpc) is 2.36. The van der Waals surface area contributed by atoms with Crippen LogP contribution in [0.4, 0.5) is 0 Å². The molecule has 0 amide bonds. The Balaban J connectivity index is 2.56. The molecule has 1 aromatic carbocycles. The third-order valence-electron chi connectivity index (χ3n) is 2.57. The third kappa shape index (κ3) is 4.76. The van der Waals surface area contributed by atoms with Crippen molar-refractivity contribution in [3.63, 3.8) is 0 Å². The van der Waals surface area contributed by atoms with Crippen LogP contribution in [0.25, 0.3) is 0 Å². The van der Waals surface area contributed by atoms with Gasteiger partial charge >= 0.3 is 0 Å². The van der Waals surface area contributed by atoms with Gasteiger partial charge in [-0.05, 0) is 31.0 Å². The first kappa shape index (κ1) is 13.4. The fourth-order valence-electron chi connectivity index (χ4n) is 1.35. The summed E-state index contributed by atoms with van der Waals surface area (Å²) in [6.07, 6.45) is 1.02. The molecule has 0 saturated carbocycles. The maximum absolute atomic E-state index is 5.78. The van der Waals surface area contributed by atoms with E-state index in [9.17, 15) is 0 Å². The van der Waals surface area contributed by atoms with E-state index in [1.54, 1.807) is 7.11 Å². The van der Waals surface area contributed by atoms with Gasteiger partial charge in [-0.15, -0.1) is 0 Å². The van der Waals surface area contributed by atoms with Gasteiger partial charge in [0, 0.05) is 6.04 Å². The van der Waals surface area contributed by atoms with E-state index in [-0.39, 0.29) is 0 Å². The van der Waals surface area contributed by atoms with E-state index in [0.717, 1.165) is 17.7 Å². The summed E-state index contributed by atoms with van der Waals surface area (Å²) >= 11 is 0. The number of nitrogens with one attached hydrogen (secondary N) is 1. The lowest BCUT2D eigenvalue weighted by molar-refractivity contribution is 0.414. The number of methoxy groups -OCH3 is 1. The standard InChI is InChI=1S/C13H21N3O/c1-4-10(2)16-13(14)15-9-11-6-5-7-12(8-11)17-3/h5-8,10H,4,9H2,1-3H3,(H3,14,15,16). The first-order chi connectivity index (χ1) is 8.15. The van der Waals surface area contributed by atoms with Crippen LogP contribution >= 0.6 is 0 Å². The maximum Gasteiger partial charge on any atom is 0.189 e. The van der Waals surface area contributed by atoms with Gasteiger partial charge in [0.2, 0.25) is 0 Å². The van der Waals surface area contributed by atoms with Gasteiger partial charge in [-0.2, -0.15) is 0 Å². The van der Waals surface area contributed by atoms with Crippen molar-refractivity contribution in [1.82, 2.24) is 5.32 Å². The lowest BCUT2D eigenvalue weighted by Gasteiger charge is -2.11. The molecule has 1 unspecified atom stereocenters. The quantitative estimate of drug-likeness (QED) is 0.605. The Morgan fingerprint density at radius 3 is 2.94 bits per heavy atom. The zero-order valence-electron chi connectivity index (χ0n) is 10.7. The summed E-state index contributed by atoms with van der Waals surface area (Å²) in [6, 6.07) is 8.17. The second-order valence-electron chi connectivity index (χ2n) is 4.01. The molecular formula is C13H21N3O. The van der Waals surface area contributed by atoms with Crippen molar-refractivity contribution in [2.24, 2.45) is 10.7 Å². The number of guanidine groups is 1. The highest BCUT2D eigenvalue weighted by Crippen LogP contribution is 2.12. The minimum Gasteiger partial charge on any atom is -0.497 e. The minimum atomic E-state index is 0.351. The van der Waals surface area contributed by atoms with Crippen molar-refractivity contribution in [1.29, 1.82) is 0 Å². The van der Waals surface area contributed by atoms with Crippen LogP contribution in [0.15, 0.2) is 29.3 Å². The normalized spacial score (nSPS) is 13.2. The highest BCUT2D eigenvalue weighted by Gasteiger charge is 1.99. The van der Waals surface area contributed by atoms with Crippen LogP contribution in [0.5, 0.6) is 5.75 Å². The van der Waals surface area contributed by atoms with E-state index in [4.69, 9.17) is 10.5 Å². The number of rotatable bonds is 5. The average molecular weight is 235 g/mol. The SMILES string of the molecule is CCC(C)NC(N)=NCc1cccc(OC)c1. The van der Waals surface area contributed by atoms with Crippen molar-refractivity contribution >= 4 is 5.96 Å². The third-order valence-corrected chi connectivity index (χ3v) is 2.57. The summed E-state index contributed by atoms with van der Waals surface area (Å²) in [4.78, 5) is 4.29. The van der Waals surface area contributed by atoms with Gasteiger partial charge in [0.05, 0.1) is 13.7 Å². The molecule has 1 aromatic rings. The van der Waals surface area contributed by atoms with Crippen LogP contribution in [0.1, 0.15) is 25.8 Å². The summed E-state index contributed by atoms with van der Waals surface area (Å²) in [7, 11) is 1.65. The predicted molar refractivity (Wildman–Crippen MR) is 71.2 cm³/mol. The molecule has 0 aliphatic carbocycles. The Labute approximate surface area is 103 Å². The number of hydrogen-bond acceptors (Lipinski definition) is 2. The topological polar surface area (TPSA) is 59.6 Å². The molecule has 4 nitrogen and oxygen atoms in total. The fourth-order valence-corrected chi connectivity index (χ4v) is 1.35. The Morgan fingerprint density at radius 1 is 1.53 bits per heavy atom. The molecular weight excluding hydrogens is 214 g/mol. The Hall–Kier alpha value is -1.71. The van der Waals surface area contributed by atoms with Crippen LogP contribution in [0, 0.1) is 0 Å². The number of ether oxygens (including phenoxy) is 1. The maximum atomic E-state index is 5.78. The highest BCUT2D eigenvalue weighted by molar-refractivity contribution is 5.78. The van der Waals surface area contributed by atoms with Gasteiger partial charge in [0.15, 0.2) is 5.96 Å². The Morgan fingerprint density at radius 2 is 2.29 bits per heavy atom. The molecule has 3 N–H and O–H groups in total. The molecule has 0 aromatic heterocycles. The van der Waals surface area contributed by atoms with Crippen LogP contribution in [-0.4, -0.2) is 19.1 Å². The molecule has 1 atom stereocenters. The highest BCUT2D eigenvalue weighted by atomic mass is 16.5. The predicted octanol–water partition coefficient (Wildman–Crippen LogP) is 1.90. The van der Waals surface area contributed by atoms with Crippen molar-refractivity contribution in [3.05, 3.63) is 29.8 Å². The zero-order valence-corrected chi connectivity index (χ0v) is 10.7.